The number of rotatable bonds is 6. The average Bonchev–Trinajstić information content (AvgIpc) is 2.86. The second-order valence-electron chi connectivity index (χ2n) is 4.57. The molecule has 2 rings (SSSR count). The van der Waals surface area contributed by atoms with Crippen LogP contribution >= 0.6 is 11.3 Å². The molecule has 1 aromatic heterocycles. The van der Waals surface area contributed by atoms with Crippen molar-refractivity contribution in [3.8, 4) is 6.07 Å². The maximum Gasteiger partial charge on any atom is 0.281 e. The highest BCUT2D eigenvalue weighted by atomic mass is 32.2. The van der Waals surface area contributed by atoms with Crippen molar-refractivity contribution >= 4 is 31.8 Å². The first-order chi connectivity index (χ1) is 9.95. The lowest BCUT2D eigenvalue weighted by atomic mass is 10.3. The molecule has 0 atom stereocenters. The van der Waals surface area contributed by atoms with Gasteiger partial charge in [-0.25, -0.2) is 4.98 Å². The van der Waals surface area contributed by atoms with E-state index in [9.17, 15) is 8.42 Å². The van der Waals surface area contributed by atoms with Crippen molar-refractivity contribution in [2.45, 2.75) is 13.0 Å². The smallest absolute Gasteiger partial charge is 0.240 e. The molecule has 2 aromatic rings. The summed E-state index contributed by atoms with van der Waals surface area (Å²) in [5, 5.41) is 9.29. The van der Waals surface area contributed by atoms with E-state index < -0.39 is 10.2 Å². The molecule has 21 heavy (non-hydrogen) atoms. The molecule has 0 bridgehead atoms. The van der Waals surface area contributed by atoms with Crippen LogP contribution in [0.1, 0.15) is 11.4 Å². The maximum atomic E-state index is 12.3. The molecular weight excluding hydrogens is 308 g/mol. The SMILES string of the molecule is CN(CCC#N)S(=O)(=O)N(C)Cc1nc2ccccc2s1. The van der Waals surface area contributed by atoms with E-state index in [1.807, 2.05) is 30.3 Å². The average molecular weight is 324 g/mol. The third kappa shape index (κ3) is 3.57. The van der Waals surface area contributed by atoms with Gasteiger partial charge in [0, 0.05) is 27.1 Å². The van der Waals surface area contributed by atoms with Crippen molar-refractivity contribution in [1.29, 1.82) is 5.26 Å². The van der Waals surface area contributed by atoms with Crippen LogP contribution in [-0.2, 0) is 16.8 Å². The summed E-state index contributed by atoms with van der Waals surface area (Å²) in [5.74, 6) is 0. The van der Waals surface area contributed by atoms with Gasteiger partial charge in [-0.15, -0.1) is 11.3 Å². The Morgan fingerprint density at radius 2 is 2.00 bits per heavy atom. The summed E-state index contributed by atoms with van der Waals surface area (Å²) in [6, 6.07) is 9.65. The van der Waals surface area contributed by atoms with E-state index in [4.69, 9.17) is 5.26 Å². The Morgan fingerprint density at radius 3 is 2.67 bits per heavy atom. The monoisotopic (exact) mass is 324 g/mol. The van der Waals surface area contributed by atoms with Crippen molar-refractivity contribution in [3.05, 3.63) is 29.3 Å². The molecule has 112 valence electrons. The molecule has 0 saturated heterocycles. The van der Waals surface area contributed by atoms with Crippen molar-refractivity contribution in [1.82, 2.24) is 13.6 Å². The first kappa shape index (κ1) is 15.9. The largest absolute Gasteiger partial charge is 0.281 e. The molecule has 6 nitrogen and oxygen atoms in total. The van der Waals surface area contributed by atoms with E-state index in [2.05, 4.69) is 4.98 Å². The minimum Gasteiger partial charge on any atom is -0.240 e. The molecule has 0 N–H and O–H groups in total. The fourth-order valence-electron chi connectivity index (χ4n) is 1.82. The molecule has 0 saturated carbocycles. The Balaban J connectivity index is 2.13. The molecule has 1 heterocycles. The van der Waals surface area contributed by atoms with Crippen LogP contribution in [0, 0.1) is 11.3 Å². The normalized spacial score (nSPS) is 12.1. The van der Waals surface area contributed by atoms with E-state index in [1.165, 1.54) is 34.0 Å². The van der Waals surface area contributed by atoms with E-state index in [0.717, 1.165) is 15.2 Å². The topological polar surface area (TPSA) is 77.3 Å². The van der Waals surface area contributed by atoms with Gasteiger partial charge in [-0.1, -0.05) is 12.1 Å². The number of hydrogen-bond donors (Lipinski definition) is 0. The first-order valence-corrected chi connectivity index (χ1v) is 8.55. The second kappa shape index (κ2) is 6.49. The number of thiazole rings is 1. The van der Waals surface area contributed by atoms with E-state index >= 15 is 0 Å². The van der Waals surface area contributed by atoms with Gasteiger partial charge in [-0.3, -0.25) is 0 Å². The van der Waals surface area contributed by atoms with Crippen LogP contribution in [0.5, 0.6) is 0 Å². The van der Waals surface area contributed by atoms with Crippen LogP contribution in [0.2, 0.25) is 0 Å². The number of benzene rings is 1. The van der Waals surface area contributed by atoms with Gasteiger partial charge in [0.25, 0.3) is 10.2 Å². The minimum absolute atomic E-state index is 0.171. The number of fused-ring (bicyclic) bond motifs is 1. The van der Waals surface area contributed by atoms with E-state index in [0.29, 0.717) is 0 Å². The van der Waals surface area contributed by atoms with Gasteiger partial charge in [-0.05, 0) is 12.1 Å². The Morgan fingerprint density at radius 1 is 1.29 bits per heavy atom. The van der Waals surface area contributed by atoms with Crippen molar-refractivity contribution in [2.75, 3.05) is 20.6 Å². The van der Waals surface area contributed by atoms with Crippen molar-refractivity contribution in [3.63, 3.8) is 0 Å². The quantitative estimate of drug-likeness (QED) is 0.812. The third-order valence-electron chi connectivity index (χ3n) is 3.02. The number of hydrogen-bond acceptors (Lipinski definition) is 5. The molecule has 0 radical (unpaired) electrons. The van der Waals surface area contributed by atoms with Crippen molar-refractivity contribution in [2.24, 2.45) is 0 Å². The molecule has 0 amide bonds. The highest BCUT2D eigenvalue weighted by Crippen LogP contribution is 2.23. The standard InChI is InChI=1S/C13H16N4O2S2/c1-16(9-5-8-14)21(18,19)17(2)10-13-15-11-6-3-4-7-12(11)20-13/h3-4,6-7H,5,9-10H2,1-2H3. The number of nitriles is 1. The molecule has 0 unspecified atom stereocenters. The van der Waals surface area contributed by atoms with E-state index in [1.54, 1.807) is 0 Å². The molecule has 8 heteroatoms. The van der Waals surface area contributed by atoms with Crippen LogP contribution in [0.3, 0.4) is 0 Å². The highest BCUT2D eigenvalue weighted by molar-refractivity contribution is 7.86. The summed E-state index contributed by atoms with van der Waals surface area (Å²) in [6.45, 7) is 0.404. The predicted molar refractivity (Wildman–Crippen MR) is 82.9 cm³/mol. The molecular formula is C13H16N4O2S2. The first-order valence-electron chi connectivity index (χ1n) is 6.34. The summed E-state index contributed by atoms with van der Waals surface area (Å²) in [6.07, 6.45) is 0.171. The Bertz CT molecular complexity index is 731. The van der Waals surface area contributed by atoms with Crippen molar-refractivity contribution < 1.29 is 8.42 Å². The van der Waals surface area contributed by atoms with E-state index in [-0.39, 0.29) is 19.5 Å². The minimum atomic E-state index is -3.56. The fraction of sp³-hybridized carbons (Fsp3) is 0.385. The Labute approximate surface area is 128 Å². The van der Waals surface area contributed by atoms with Crippen LogP contribution < -0.4 is 0 Å². The third-order valence-corrected chi connectivity index (χ3v) is 5.93. The molecule has 0 aliphatic rings. The fourth-order valence-corrected chi connectivity index (χ4v) is 4.01. The van der Waals surface area contributed by atoms with Gasteiger partial charge in [0.15, 0.2) is 0 Å². The zero-order valence-corrected chi connectivity index (χ0v) is 13.5. The summed E-state index contributed by atoms with van der Waals surface area (Å²) in [7, 11) is -0.573. The summed E-state index contributed by atoms with van der Waals surface area (Å²) in [4.78, 5) is 4.43. The zero-order chi connectivity index (χ0) is 15.5. The molecule has 0 aliphatic heterocycles. The summed E-state index contributed by atoms with van der Waals surface area (Å²) >= 11 is 1.48. The van der Waals surface area contributed by atoms with Gasteiger partial charge in [0.1, 0.15) is 5.01 Å². The molecule has 0 fully saturated rings. The highest BCUT2D eigenvalue weighted by Gasteiger charge is 2.24. The number of aromatic nitrogens is 1. The van der Waals surface area contributed by atoms with Crippen LogP contribution in [-0.4, -0.2) is 42.7 Å². The summed E-state index contributed by atoms with van der Waals surface area (Å²) < 4.78 is 28.0. The molecule has 0 aliphatic carbocycles. The molecule has 0 spiro atoms. The Hall–Kier alpha value is -1.53. The van der Waals surface area contributed by atoms with Gasteiger partial charge >= 0.3 is 0 Å². The van der Waals surface area contributed by atoms with Crippen LogP contribution in [0.25, 0.3) is 10.2 Å². The number of para-hydroxylation sites is 1. The lowest BCUT2D eigenvalue weighted by Gasteiger charge is -2.22. The summed E-state index contributed by atoms with van der Waals surface area (Å²) in [5.41, 5.74) is 0.876. The van der Waals surface area contributed by atoms with Gasteiger partial charge in [0.05, 0.1) is 22.8 Å². The van der Waals surface area contributed by atoms with Crippen LogP contribution in [0.4, 0.5) is 0 Å². The van der Waals surface area contributed by atoms with Gasteiger partial charge < -0.3 is 0 Å². The Kier molecular flexibility index (Phi) is 4.90. The lowest BCUT2D eigenvalue weighted by molar-refractivity contribution is 0.392. The number of nitrogens with zero attached hydrogens (tertiary/aromatic N) is 4. The van der Waals surface area contributed by atoms with Gasteiger partial charge in [-0.2, -0.15) is 22.3 Å². The molecule has 1 aromatic carbocycles. The van der Waals surface area contributed by atoms with Crippen LogP contribution in [0.15, 0.2) is 24.3 Å². The lowest BCUT2D eigenvalue weighted by Crippen LogP contribution is -2.39. The maximum absolute atomic E-state index is 12.3. The predicted octanol–water partition coefficient (Wildman–Crippen LogP) is 1.82. The second-order valence-corrected chi connectivity index (χ2v) is 7.83. The zero-order valence-electron chi connectivity index (χ0n) is 11.9. The van der Waals surface area contributed by atoms with Gasteiger partial charge in [0.2, 0.25) is 0 Å².